The molecule has 0 amide bonds. The Morgan fingerprint density at radius 1 is 1.13 bits per heavy atom. The van der Waals surface area contributed by atoms with Gasteiger partial charge in [-0.25, -0.2) is 9.36 Å². The zero-order chi connectivity index (χ0) is 21.8. The molecule has 0 saturated heterocycles. The summed E-state index contributed by atoms with van der Waals surface area (Å²) in [6.45, 7) is 5.72. The summed E-state index contributed by atoms with van der Waals surface area (Å²) in [5.41, 5.74) is 3.11. The van der Waals surface area contributed by atoms with E-state index in [0.29, 0.717) is 23.0 Å². The Morgan fingerprint density at radius 2 is 1.87 bits per heavy atom. The molecule has 0 radical (unpaired) electrons. The van der Waals surface area contributed by atoms with Crippen molar-refractivity contribution in [3.63, 3.8) is 0 Å². The van der Waals surface area contributed by atoms with Crippen LogP contribution in [0.15, 0.2) is 79.6 Å². The Bertz CT molecular complexity index is 1220. The summed E-state index contributed by atoms with van der Waals surface area (Å²) in [6.07, 6.45) is 5.75. The highest BCUT2D eigenvalue weighted by Gasteiger charge is 2.14. The van der Waals surface area contributed by atoms with Gasteiger partial charge in [-0.05, 0) is 55.7 Å². The molecule has 0 spiro atoms. The molecule has 0 N–H and O–H groups in total. The molecular weight excluding hydrogens is 428 g/mol. The van der Waals surface area contributed by atoms with Crippen LogP contribution in [-0.4, -0.2) is 36.1 Å². The minimum atomic E-state index is 0.556. The SMILES string of the molecule is C=CCn1c(-c2ccc(Cl)cc2)nn(CN(C)Cc2cnn(-c3ccccc3)c2)c1=S. The molecule has 2 aromatic carbocycles. The van der Waals surface area contributed by atoms with Gasteiger partial charge in [0.05, 0.1) is 18.6 Å². The Balaban J connectivity index is 1.53. The number of hydrogen-bond donors (Lipinski definition) is 0. The van der Waals surface area contributed by atoms with Crippen LogP contribution >= 0.6 is 23.8 Å². The first-order chi connectivity index (χ1) is 15.0. The van der Waals surface area contributed by atoms with Gasteiger partial charge in [0, 0.05) is 35.4 Å². The van der Waals surface area contributed by atoms with E-state index in [2.05, 4.69) is 16.6 Å². The molecule has 0 unspecified atom stereocenters. The van der Waals surface area contributed by atoms with Crippen molar-refractivity contribution in [1.29, 1.82) is 0 Å². The number of aromatic nitrogens is 5. The van der Waals surface area contributed by atoms with Crippen molar-refractivity contribution in [2.45, 2.75) is 19.8 Å². The van der Waals surface area contributed by atoms with E-state index in [1.54, 1.807) is 0 Å². The molecule has 0 aliphatic rings. The van der Waals surface area contributed by atoms with Gasteiger partial charge in [0.2, 0.25) is 0 Å². The zero-order valence-corrected chi connectivity index (χ0v) is 18.8. The summed E-state index contributed by atoms with van der Waals surface area (Å²) in [6, 6.07) is 17.7. The van der Waals surface area contributed by atoms with Crippen LogP contribution in [0.4, 0.5) is 0 Å². The fourth-order valence-corrected chi connectivity index (χ4v) is 3.78. The van der Waals surface area contributed by atoms with Gasteiger partial charge in [0.15, 0.2) is 10.6 Å². The Hall–Kier alpha value is -3.00. The lowest BCUT2D eigenvalue weighted by Crippen LogP contribution is -2.22. The zero-order valence-electron chi connectivity index (χ0n) is 17.2. The molecule has 31 heavy (non-hydrogen) atoms. The number of halogens is 1. The predicted octanol–water partition coefficient (Wildman–Crippen LogP) is 5.20. The van der Waals surface area contributed by atoms with Crippen molar-refractivity contribution in [3.8, 4) is 17.1 Å². The second-order valence-electron chi connectivity index (χ2n) is 7.30. The summed E-state index contributed by atoms with van der Waals surface area (Å²) in [4.78, 5) is 2.15. The van der Waals surface area contributed by atoms with Gasteiger partial charge in [-0.2, -0.15) is 10.2 Å². The van der Waals surface area contributed by atoms with Crippen molar-refractivity contribution >= 4 is 23.8 Å². The molecule has 0 atom stereocenters. The average Bonchev–Trinajstić information content (AvgIpc) is 3.35. The highest BCUT2D eigenvalue weighted by atomic mass is 35.5. The number of rotatable bonds is 8. The van der Waals surface area contributed by atoms with E-state index in [9.17, 15) is 0 Å². The van der Waals surface area contributed by atoms with Crippen molar-refractivity contribution < 1.29 is 0 Å². The summed E-state index contributed by atoms with van der Waals surface area (Å²) in [5.74, 6) is 0.798. The van der Waals surface area contributed by atoms with E-state index in [4.69, 9.17) is 28.9 Å². The van der Waals surface area contributed by atoms with Gasteiger partial charge in [-0.3, -0.25) is 9.47 Å². The molecule has 0 fully saturated rings. The maximum Gasteiger partial charge on any atom is 0.199 e. The third-order valence-corrected chi connectivity index (χ3v) is 5.50. The van der Waals surface area contributed by atoms with Crippen LogP contribution in [0.1, 0.15) is 5.56 Å². The molecule has 0 bridgehead atoms. The minimum absolute atomic E-state index is 0.556. The van der Waals surface area contributed by atoms with Gasteiger partial charge in [-0.1, -0.05) is 35.9 Å². The van der Waals surface area contributed by atoms with E-state index < -0.39 is 0 Å². The van der Waals surface area contributed by atoms with Gasteiger partial charge in [0.25, 0.3) is 0 Å². The highest BCUT2D eigenvalue weighted by molar-refractivity contribution is 7.71. The molecular formula is C23H23ClN6S. The van der Waals surface area contributed by atoms with Crippen LogP contribution in [0.25, 0.3) is 17.1 Å². The lowest BCUT2D eigenvalue weighted by Gasteiger charge is -2.15. The van der Waals surface area contributed by atoms with Gasteiger partial charge >= 0.3 is 0 Å². The van der Waals surface area contributed by atoms with Crippen LogP contribution in [0, 0.1) is 4.77 Å². The average molecular weight is 451 g/mol. The minimum Gasteiger partial charge on any atom is -0.296 e. The Morgan fingerprint density at radius 3 is 2.58 bits per heavy atom. The standard InChI is InChI=1S/C23H23ClN6S/c1-3-13-28-22(19-9-11-20(24)12-10-19)26-30(23(28)31)17-27(2)15-18-14-25-29(16-18)21-7-5-4-6-8-21/h3-12,14,16H,1,13,15,17H2,2H3. The largest absolute Gasteiger partial charge is 0.296 e. The molecule has 6 nitrogen and oxygen atoms in total. The molecule has 0 saturated carbocycles. The number of para-hydroxylation sites is 1. The molecule has 2 heterocycles. The van der Waals surface area contributed by atoms with Crippen LogP contribution in [0.2, 0.25) is 5.02 Å². The molecule has 8 heteroatoms. The molecule has 4 rings (SSSR count). The molecule has 0 aliphatic heterocycles. The Kier molecular flexibility index (Phi) is 6.46. The number of nitrogens with zero attached hydrogens (tertiary/aromatic N) is 6. The van der Waals surface area contributed by atoms with Gasteiger partial charge < -0.3 is 0 Å². The second kappa shape index (κ2) is 9.43. The first kappa shape index (κ1) is 21.2. The van der Waals surface area contributed by atoms with Crippen LogP contribution in [0.5, 0.6) is 0 Å². The fourth-order valence-electron chi connectivity index (χ4n) is 3.39. The van der Waals surface area contributed by atoms with E-state index in [1.165, 1.54) is 0 Å². The fraction of sp³-hybridized carbons (Fsp3) is 0.174. The van der Waals surface area contributed by atoms with Crippen LogP contribution in [-0.2, 0) is 19.8 Å². The van der Waals surface area contributed by atoms with E-state index in [0.717, 1.165) is 29.2 Å². The lowest BCUT2D eigenvalue weighted by atomic mass is 10.2. The first-order valence-electron chi connectivity index (χ1n) is 9.87. The van der Waals surface area contributed by atoms with Gasteiger partial charge in [0.1, 0.15) is 0 Å². The third kappa shape index (κ3) is 4.85. The van der Waals surface area contributed by atoms with Crippen molar-refractivity contribution in [1.82, 2.24) is 29.0 Å². The highest BCUT2D eigenvalue weighted by Crippen LogP contribution is 2.21. The Labute approximate surface area is 191 Å². The maximum absolute atomic E-state index is 6.04. The lowest BCUT2D eigenvalue weighted by molar-refractivity contribution is 0.244. The van der Waals surface area contributed by atoms with Crippen molar-refractivity contribution in [3.05, 3.63) is 95.0 Å². The van der Waals surface area contributed by atoms with Crippen LogP contribution < -0.4 is 0 Å². The van der Waals surface area contributed by atoms with Crippen molar-refractivity contribution in [2.75, 3.05) is 7.05 Å². The van der Waals surface area contributed by atoms with Crippen molar-refractivity contribution in [2.24, 2.45) is 0 Å². The monoisotopic (exact) mass is 450 g/mol. The second-order valence-corrected chi connectivity index (χ2v) is 8.10. The molecule has 158 valence electrons. The third-order valence-electron chi connectivity index (χ3n) is 4.82. The maximum atomic E-state index is 6.04. The topological polar surface area (TPSA) is 43.8 Å². The van der Waals surface area contributed by atoms with Gasteiger partial charge in [-0.15, -0.1) is 6.58 Å². The van der Waals surface area contributed by atoms with E-state index in [-0.39, 0.29) is 0 Å². The summed E-state index contributed by atoms with van der Waals surface area (Å²) in [5, 5.41) is 9.95. The predicted molar refractivity (Wildman–Crippen MR) is 127 cm³/mol. The number of hydrogen-bond acceptors (Lipinski definition) is 4. The molecule has 2 aromatic heterocycles. The first-order valence-corrected chi connectivity index (χ1v) is 10.7. The normalized spacial score (nSPS) is 11.2. The smallest absolute Gasteiger partial charge is 0.199 e. The number of benzene rings is 2. The summed E-state index contributed by atoms with van der Waals surface area (Å²) in [7, 11) is 2.04. The van der Waals surface area contributed by atoms with Crippen LogP contribution in [0.3, 0.4) is 0 Å². The molecule has 4 aromatic rings. The number of allylic oxidation sites excluding steroid dienone is 1. The summed E-state index contributed by atoms with van der Waals surface area (Å²) >= 11 is 11.7. The molecule has 0 aliphatic carbocycles. The quantitative estimate of drug-likeness (QED) is 0.273. The summed E-state index contributed by atoms with van der Waals surface area (Å²) < 4.78 is 6.35. The van der Waals surface area contributed by atoms with E-state index >= 15 is 0 Å². The van der Waals surface area contributed by atoms with E-state index in [1.807, 2.05) is 94.0 Å².